The molecule has 0 aliphatic rings. The van der Waals surface area contributed by atoms with Crippen molar-refractivity contribution in [1.29, 1.82) is 0 Å². The van der Waals surface area contributed by atoms with Crippen LogP contribution >= 0.6 is 0 Å². The molecule has 2 aromatic rings. The van der Waals surface area contributed by atoms with E-state index in [1.807, 2.05) is 26.0 Å². The summed E-state index contributed by atoms with van der Waals surface area (Å²) in [6, 6.07) is 8.13. The third-order valence-corrected chi connectivity index (χ3v) is 4.14. The zero-order chi connectivity index (χ0) is 20.7. The number of halogens is 2. The Labute approximate surface area is 161 Å². The van der Waals surface area contributed by atoms with Gasteiger partial charge in [0.2, 0.25) is 11.8 Å². The molecule has 0 bridgehead atoms. The van der Waals surface area contributed by atoms with E-state index >= 15 is 0 Å². The van der Waals surface area contributed by atoms with Gasteiger partial charge in [-0.05, 0) is 43.2 Å². The molecule has 0 radical (unpaired) electrons. The maximum Gasteiger partial charge on any atom is 0.254 e. The maximum atomic E-state index is 13.5. The Morgan fingerprint density at radius 1 is 0.964 bits per heavy atom. The number of hydrogen-bond donors (Lipinski definition) is 3. The van der Waals surface area contributed by atoms with Gasteiger partial charge >= 0.3 is 0 Å². The van der Waals surface area contributed by atoms with Gasteiger partial charge < -0.3 is 16.0 Å². The smallest absolute Gasteiger partial charge is 0.254 e. The maximum absolute atomic E-state index is 13.5. The monoisotopic (exact) mass is 389 g/mol. The molecule has 0 atom stereocenters. The average molecular weight is 389 g/mol. The van der Waals surface area contributed by atoms with Crippen molar-refractivity contribution in [2.24, 2.45) is 0 Å². The van der Waals surface area contributed by atoms with Crippen LogP contribution in [0.15, 0.2) is 36.4 Å². The first-order valence-electron chi connectivity index (χ1n) is 8.64. The molecule has 148 valence electrons. The van der Waals surface area contributed by atoms with Crippen LogP contribution in [-0.4, -0.2) is 30.8 Å². The Morgan fingerprint density at radius 2 is 1.71 bits per heavy atom. The number of benzene rings is 2. The number of rotatable bonds is 7. The van der Waals surface area contributed by atoms with Crippen LogP contribution in [0.1, 0.15) is 27.9 Å². The van der Waals surface area contributed by atoms with E-state index < -0.39 is 23.4 Å². The van der Waals surface area contributed by atoms with Gasteiger partial charge in [0.25, 0.3) is 5.91 Å². The Bertz CT molecular complexity index is 900. The molecule has 28 heavy (non-hydrogen) atoms. The third kappa shape index (κ3) is 5.87. The molecule has 0 fully saturated rings. The van der Waals surface area contributed by atoms with Gasteiger partial charge in [-0.25, -0.2) is 8.78 Å². The van der Waals surface area contributed by atoms with Crippen molar-refractivity contribution in [3.63, 3.8) is 0 Å². The van der Waals surface area contributed by atoms with Crippen molar-refractivity contribution in [1.82, 2.24) is 10.6 Å². The van der Waals surface area contributed by atoms with Crippen molar-refractivity contribution in [3.05, 3.63) is 64.7 Å². The lowest BCUT2D eigenvalue weighted by Gasteiger charge is -2.11. The lowest BCUT2D eigenvalue weighted by atomic mass is 10.1. The standard InChI is InChI=1S/C20H21F2N3O3/c1-12-4-3-5-17(13(12)2)25-19(27)11-24-18(26)8-9-23-20(28)15-7-6-14(21)10-16(15)22/h3-7,10H,8-9,11H2,1-2H3,(H,23,28)(H,24,26)(H,25,27). The van der Waals surface area contributed by atoms with E-state index in [1.165, 1.54) is 0 Å². The number of nitrogens with one attached hydrogen (secondary N) is 3. The molecule has 0 aliphatic heterocycles. The van der Waals surface area contributed by atoms with Crippen molar-refractivity contribution in [2.45, 2.75) is 20.3 Å². The number of amides is 3. The Balaban J connectivity index is 1.73. The molecule has 0 heterocycles. The largest absolute Gasteiger partial charge is 0.351 e. The number of carbonyl (C=O) groups excluding carboxylic acids is 3. The first-order chi connectivity index (χ1) is 13.3. The number of hydrogen-bond acceptors (Lipinski definition) is 3. The van der Waals surface area contributed by atoms with Crippen LogP contribution in [0.4, 0.5) is 14.5 Å². The van der Waals surface area contributed by atoms with Crippen molar-refractivity contribution >= 4 is 23.4 Å². The lowest BCUT2D eigenvalue weighted by molar-refractivity contribution is -0.124. The topological polar surface area (TPSA) is 87.3 Å². The van der Waals surface area contributed by atoms with Gasteiger partial charge in [-0.3, -0.25) is 14.4 Å². The number of aryl methyl sites for hydroxylation is 1. The second-order valence-electron chi connectivity index (χ2n) is 6.20. The molecule has 2 rings (SSSR count). The van der Waals surface area contributed by atoms with E-state index in [-0.39, 0.29) is 31.0 Å². The summed E-state index contributed by atoms with van der Waals surface area (Å²) in [5, 5.41) is 7.53. The van der Waals surface area contributed by atoms with Gasteiger partial charge in [0.1, 0.15) is 11.6 Å². The van der Waals surface area contributed by atoms with Crippen LogP contribution in [0.25, 0.3) is 0 Å². The molecule has 0 saturated carbocycles. The summed E-state index contributed by atoms with van der Waals surface area (Å²) in [6.45, 7) is 3.54. The minimum absolute atomic E-state index is 0.0555. The Hall–Kier alpha value is -3.29. The zero-order valence-electron chi connectivity index (χ0n) is 15.6. The lowest BCUT2D eigenvalue weighted by Crippen LogP contribution is -2.35. The minimum atomic E-state index is -0.981. The van der Waals surface area contributed by atoms with Gasteiger partial charge in [0.15, 0.2) is 0 Å². The van der Waals surface area contributed by atoms with E-state index in [9.17, 15) is 23.2 Å². The van der Waals surface area contributed by atoms with Gasteiger partial charge in [-0.1, -0.05) is 12.1 Å². The minimum Gasteiger partial charge on any atom is -0.351 e. The normalized spacial score (nSPS) is 10.3. The van der Waals surface area contributed by atoms with Crippen molar-refractivity contribution in [3.8, 4) is 0 Å². The van der Waals surface area contributed by atoms with E-state index in [0.29, 0.717) is 11.8 Å². The highest BCUT2D eigenvalue weighted by Crippen LogP contribution is 2.17. The van der Waals surface area contributed by atoms with Gasteiger partial charge in [-0.2, -0.15) is 0 Å². The van der Waals surface area contributed by atoms with E-state index in [4.69, 9.17) is 0 Å². The molecular formula is C20H21F2N3O3. The first kappa shape index (κ1) is 21.0. The van der Waals surface area contributed by atoms with Crippen LogP contribution in [0, 0.1) is 25.5 Å². The van der Waals surface area contributed by atoms with Gasteiger partial charge in [0, 0.05) is 24.7 Å². The third-order valence-electron chi connectivity index (χ3n) is 4.14. The van der Waals surface area contributed by atoms with E-state index in [0.717, 1.165) is 23.3 Å². The number of carbonyl (C=O) groups is 3. The molecule has 2 aromatic carbocycles. The molecule has 6 nitrogen and oxygen atoms in total. The second-order valence-corrected chi connectivity index (χ2v) is 6.20. The van der Waals surface area contributed by atoms with Crippen LogP contribution in [0.2, 0.25) is 0 Å². The molecule has 0 aliphatic carbocycles. The summed E-state index contributed by atoms with van der Waals surface area (Å²) in [6.07, 6.45) is -0.0920. The molecule has 3 N–H and O–H groups in total. The molecule has 0 aromatic heterocycles. The molecule has 0 unspecified atom stereocenters. The summed E-state index contributed by atoms with van der Waals surface area (Å²) >= 11 is 0. The Morgan fingerprint density at radius 3 is 2.43 bits per heavy atom. The summed E-state index contributed by atoms with van der Waals surface area (Å²) in [5.41, 5.74) is 2.34. The second kappa shape index (κ2) is 9.59. The quantitative estimate of drug-likeness (QED) is 0.680. The molecule has 3 amide bonds. The summed E-state index contributed by atoms with van der Waals surface area (Å²) < 4.78 is 26.3. The molecule has 0 spiro atoms. The van der Waals surface area contributed by atoms with E-state index in [2.05, 4.69) is 16.0 Å². The van der Waals surface area contributed by atoms with Crippen molar-refractivity contribution < 1.29 is 23.2 Å². The fourth-order valence-electron chi connectivity index (χ4n) is 2.41. The van der Waals surface area contributed by atoms with Gasteiger partial charge in [-0.15, -0.1) is 0 Å². The van der Waals surface area contributed by atoms with Crippen LogP contribution in [0.3, 0.4) is 0 Å². The summed E-state index contributed by atoms with van der Waals surface area (Å²) in [7, 11) is 0. The predicted octanol–water partition coefficient (Wildman–Crippen LogP) is 2.46. The van der Waals surface area contributed by atoms with Crippen LogP contribution < -0.4 is 16.0 Å². The fraction of sp³-hybridized carbons (Fsp3) is 0.250. The number of anilines is 1. The summed E-state index contributed by atoms with van der Waals surface area (Å²) in [5.74, 6) is -3.34. The molecule has 8 heteroatoms. The van der Waals surface area contributed by atoms with Gasteiger partial charge in [0.05, 0.1) is 12.1 Å². The average Bonchev–Trinajstić information content (AvgIpc) is 2.63. The molecular weight excluding hydrogens is 368 g/mol. The highest BCUT2D eigenvalue weighted by molar-refractivity contribution is 5.96. The predicted molar refractivity (Wildman–Crippen MR) is 101 cm³/mol. The Kier molecular flexibility index (Phi) is 7.20. The summed E-state index contributed by atoms with van der Waals surface area (Å²) in [4.78, 5) is 35.5. The highest BCUT2D eigenvalue weighted by atomic mass is 19.1. The SMILES string of the molecule is Cc1cccc(NC(=O)CNC(=O)CCNC(=O)c2ccc(F)cc2F)c1C. The van der Waals surface area contributed by atoms with Crippen LogP contribution in [0.5, 0.6) is 0 Å². The van der Waals surface area contributed by atoms with E-state index in [1.54, 1.807) is 6.07 Å². The van der Waals surface area contributed by atoms with Crippen LogP contribution in [-0.2, 0) is 9.59 Å². The first-order valence-corrected chi connectivity index (χ1v) is 8.64. The zero-order valence-corrected chi connectivity index (χ0v) is 15.6. The molecule has 0 saturated heterocycles. The fourth-order valence-corrected chi connectivity index (χ4v) is 2.41. The highest BCUT2D eigenvalue weighted by Gasteiger charge is 2.13. The van der Waals surface area contributed by atoms with Crippen molar-refractivity contribution in [2.75, 3.05) is 18.4 Å².